The molecule has 2 heteroatoms. The maximum absolute atomic E-state index is 6.88. The molecule has 1 aromatic heterocycles. The Morgan fingerprint density at radius 2 is 0.836 bits per heavy atom. The molecule has 1 heterocycles. The van der Waals surface area contributed by atoms with Gasteiger partial charge in [0.25, 0.3) is 0 Å². The first-order valence-corrected chi connectivity index (χ1v) is 23.1. The largest absolute Gasteiger partial charge is 0.455 e. The Balaban J connectivity index is 0.937. The number of benzene rings is 11. The van der Waals surface area contributed by atoms with E-state index in [9.17, 15) is 0 Å². The average molecular weight is 854 g/mol. The molecule has 0 amide bonds. The highest BCUT2D eigenvalue weighted by atomic mass is 16.3. The molecule has 0 bridgehead atoms. The Morgan fingerprint density at radius 3 is 1.55 bits per heavy atom. The van der Waals surface area contributed by atoms with E-state index in [0.717, 1.165) is 55.3 Å². The van der Waals surface area contributed by atoms with E-state index in [-0.39, 0.29) is 0 Å². The predicted molar refractivity (Wildman–Crippen MR) is 280 cm³/mol. The van der Waals surface area contributed by atoms with E-state index in [0.29, 0.717) is 0 Å². The van der Waals surface area contributed by atoms with Crippen LogP contribution in [0.5, 0.6) is 0 Å². The Kier molecular flexibility index (Phi) is 9.11. The van der Waals surface area contributed by atoms with Crippen LogP contribution in [-0.4, -0.2) is 0 Å². The monoisotopic (exact) mass is 853 g/mol. The lowest BCUT2D eigenvalue weighted by atomic mass is 9.67. The smallest absolute Gasteiger partial charge is 0.143 e. The van der Waals surface area contributed by atoms with E-state index in [1.54, 1.807) is 0 Å². The molecule has 0 N–H and O–H groups in total. The molecule has 0 radical (unpaired) electrons. The molecule has 0 saturated heterocycles. The van der Waals surface area contributed by atoms with E-state index in [4.69, 9.17) is 4.42 Å². The van der Waals surface area contributed by atoms with Crippen molar-refractivity contribution in [2.24, 2.45) is 0 Å². The maximum atomic E-state index is 6.88. The van der Waals surface area contributed by atoms with Gasteiger partial charge in [0.05, 0.1) is 16.5 Å². The molecule has 0 fully saturated rings. The van der Waals surface area contributed by atoms with Crippen molar-refractivity contribution in [1.82, 2.24) is 0 Å². The Hall–Kier alpha value is -8.72. The van der Waals surface area contributed by atoms with Crippen LogP contribution in [-0.2, 0) is 5.41 Å². The summed E-state index contributed by atoms with van der Waals surface area (Å²) in [7, 11) is 0. The van der Waals surface area contributed by atoms with Gasteiger partial charge in [0, 0.05) is 22.1 Å². The second-order valence-electron chi connectivity index (χ2n) is 17.5. The minimum atomic E-state index is -0.418. The van der Waals surface area contributed by atoms with Gasteiger partial charge in [-0.25, -0.2) is 0 Å². The second-order valence-corrected chi connectivity index (χ2v) is 17.5. The summed E-state index contributed by atoms with van der Waals surface area (Å²) in [4.78, 5) is 2.36. The second kappa shape index (κ2) is 15.8. The van der Waals surface area contributed by atoms with Gasteiger partial charge in [-0.15, -0.1) is 0 Å². The number of para-hydroxylation sites is 1. The zero-order valence-corrected chi connectivity index (χ0v) is 36.7. The Bertz CT molecular complexity index is 3720. The highest BCUT2D eigenvalue weighted by molar-refractivity contribution is 6.22. The molecular weight excluding hydrogens is 811 g/mol. The maximum Gasteiger partial charge on any atom is 0.143 e. The molecule has 67 heavy (non-hydrogen) atoms. The molecule has 2 nitrogen and oxygen atoms in total. The van der Waals surface area contributed by atoms with Crippen molar-refractivity contribution in [1.29, 1.82) is 0 Å². The first-order chi connectivity index (χ1) is 33.2. The molecule has 0 unspecified atom stereocenters. The minimum absolute atomic E-state index is 0.418. The highest BCUT2D eigenvalue weighted by Gasteiger charge is 2.46. The SMILES string of the molecule is c1ccc(-c2ccc(N(c3ccccc3)c3cccc4oc5c6ccccc6c(-c6ccc(-c7ccc8c(c7)-c7ccccc7C8(c7ccccc7)c7ccccc7)cc6)cc5c34)cc2)cc1. The number of hydrogen-bond donors (Lipinski definition) is 0. The molecule has 0 atom stereocenters. The lowest BCUT2D eigenvalue weighted by Crippen LogP contribution is -2.28. The van der Waals surface area contributed by atoms with Crippen LogP contribution in [0.3, 0.4) is 0 Å². The van der Waals surface area contributed by atoms with Crippen molar-refractivity contribution < 1.29 is 4.42 Å². The molecule has 11 aromatic carbocycles. The van der Waals surface area contributed by atoms with Crippen molar-refractivity contribution in [2.75, 3.05) is 4.90 Å². The fourth-order valence-corrected chi connectivity index (χ4v) is 11.0. The number of anilines is 3. The minimum Gasteiger partial charge on any atom is -0.455 e. The van der Waals surface area contributed by atoms with Crippen molar-refractivity contribution in [3.63, 3.8) is 0 Å². The number of fused-ring (bicyclic) bond motifs is 8. The Labute approximate surface area is 390 Å². The lowest BCUT2D eigenvalue weighted by Gasteiger charge is -2.33. The molecule has 314 valence electrons. The van der Waals surface area contributed by atoms with Gasteiger partial charge in [-0.1, -0.05) is 212 Å². The van der Waals surface area contributed by atoms with Crippen LogP contribution < -0.4 is 4.90 Å². The molecule has 13 rings (SSSR count). The van der Waals surface area contributed by atoms with Gasteiger partial charge in [-0.3, -0.25) is 0 Å². The zero-order chi connectivity index (χ0) is 44.3. The third-order valence-corrected chi connectivity index (χ3v) is 14.0. The number of furan rings is 1. The average Bonchev–Trinajstić information content (AvgIpc) is 3.94. The molecule has 1 aliphatic rings. The fraction of sp³-hybridized carbons (Fsp3) is 0.0154. The fourth-order valence-electron chi connectivity index (χ4n) is 11.0. The quantitative estimate of drug-likeness (QED) is 0.151. The summed E-state index contributed by atoms with van der Waals surface area (Å²) >= 11 is 0. The normalized spacial score (nSPS) is 12.6. The van der Waals surface area contributed by atoms with Crippen LogP contribution in [0.15, 0.2) is 265 Å². The van der Waals surface area contributed by atoms with E-state index in [1.807, 2.05) is 0 Å². The van der Waals surface area contributed by atoms with Crippen LogP contribution in [0.1, 0.15) is 22.3 Å². The number of hydrogen-bond acceptors (Lipinski definition) is 2. The predicted octanol–water partition coefficient (Wildman–Crippen LogP) is 17.6. The third-order valence-electron chi connectivity index (χ3n) is 14.0. The molecular formula is C65H43NO. The van der Waals surface area contributed by atoms with Gasteiger partial charge in [0.1, 0.15) is 11.2 Å². The van der Waals surface area contributed by atoms with E-state index in [2.05, 4.69) is 266 Å². The number of rotatable bonds is 8. The van der Waals surface area contributed by atoms with Gasteiger partial charge in [-0.2, -0.15) is 0 Å². The first-order valence-electron chi connectivity index (χ1n) is 23.1. The van der Waals surface area contributed by atoms with Gasteiger partial charge < -0.3 is 9.32 Å². The zero-order valence-electron chi connectivity index (χ0n) is 36.7. The Morgan fingerprint density at radius 1 is 0.313 bits per heavy atom. The number of nitrogens with zero attached hydrogens (tertiary/aromatic N) is 1. The lowest BCUT2D eigenvalue weighted by molar-refractivity contribution is 0.672. The van der Waals surface area contributed by atoms with Crippen LogP contribution in [0, 0.1) is 0 Å². The van der Waals surface area contributed by atoms with E-state index < -0.39 is 5.41 Å². The van der Waals surface area contributed by atoms with E-state index >= 15 is 0 Å². The summed E-state index contributed by atoms with van der Waals surface area (Å²) < 4.78 is 6.88. The molecule has 0 saturated carbocycles. The van der Waals surface area contributed by atoms with Crippen molar-refractivity contribution in [3.05, 3.63) is 283 Å². The summed E-state index contributed by atoms with van der Waals surface area (Å²) in [6.45, 7) is 0. The third kappa shape index (κ3) is 6.18. The summed E-state index contributed by atoms with van der Waals surface area (Å²) in [5.74, 6) is 0. The topological polar surface area (TPSA) is 16.4 Å². The van der Waals surface area contributed by atoms with Gasteiger partial charge in [-0.05, 0) is 121 Å². The summed E-state index contributed by atoms with van der Waals surface area (Å²) in [6.07, 6.45) is 0. The van der Waals surface area contributed by atoms with Crippen molar-refractivity contribution in [3.8, 4) is 44.5 Å². The summed E-state index contributed by atoms with van der Waals surface area (Å²) in [5, 5.41) is 4.42. The van der Waals surface area contributed by atoms with Crippen LogP contribution in [0.2, 0.25) is 0 Å². The first kappa shape index (κ1) is 38.7. The van der Waals surface area contributed by atoms with Gasteiger partial charge in [0.2, 0.25) is 0 Å². The molecule has 0 spiro atoms. The van der Waals surface area contributed by atoms with Crippen LogP contribution in [0.25, 0.3) is 77.2 Å². The van der Waals surface area contributed by atoms with Gasteiger partial charge in [0.15, 0.2) is 0 Å². The standard InChI is InChI=1S/C65H43NO/c1-5-18-44(19-6-1)45-36-39-52(40-37-45)66(51-24-11-4-12-25-51)61-30-17-31-62-63(61)58-43-56(53-26-13-14-28-55(53)64(58)67-62)47-34-32-46(33-35-47)48-38-41-60-57(42-48)54-27-15-16-29-59(54)65(60,49-20-7-2-8-21-49)50-22-9-3-10-23-50/h1-43H. The van der Waals surface area contributed by atoms with Crippen LogP contribution in [0.4, 0.5) is 17.1 Å². The van der Waals surface area contributed by atoms with Crippen molar-refractivity contribution in [2.45, 2.75) is 5.41 Å². The van der Waals surface area contributed by atoms with E-state index in [1.165, 1.54) is 61.2 Å². The molecule has 12 aromatic rings. The molecule has 1 aliphatic carbocycles. The van der Waals surface area contributed by atoms with Crippen LogP contribution >= 0.6 is 0 Å². The van der Waals surface area contributed by atoms with Gasteiger partial charge >= 0.3 is 0 Å². The van der Waals surface area contributed by atoms with Crippen molar-refractivity contribution >= 4 is 49.8 Å². The molecule has 0 aliphatic heterocycles. The summed E-state index contributed by atoms with van der Waals surface area (Å²) in [6, 6.07) is 94.7. The summed E-state index contributed by atoms with van der Waals surface area (Å²) in [5.41, 5.74) is 19.4. The highest BCUT2D eigenvalue weighted by Crippen LogP contribution is 2.57.